The Balaban J connectivity index is 1.34. The lowest BCUT2D eigenvalue weighted by Gasteiger charge is -2.38. The highest BCUT2D eigenvalue weighted by Gasteiger charge is 2.34. The molecule has 162 valence electrons. The van der Waals surface area contributed by atoms with Crippen LogP contribution in [-0.2, 0) is 5.41 Å². The van der Waals surface area contributed by atoms with Crippen LogP contribution in [0.3, 0.4) is 0 Å². The zero-order valence-corrected chi connectivity index (χ0v) is 18.9. The molecule has 0 bridgehead atoms. The number of hydrogen-bond acceptors (Lipinski definition) is 9. The molecule has 1 aliphatic rings. The van der Waals surface area contributed by atoms with Crippen LogP contribution in [0, 0.1) is 13.8 Å². The van der Waals surface area contributed by atoms with E-state index in [9.17, 15) is 4.79 Å². The Hall–Kier alpha value is -3.21. The second kappa shape index (κ2) is 6.64. The molecule has 0 aliphatic carbocycles. The van der Waals surface area contributed by atoms with E-state index in [1.165, 1.54) is 11.3 Å². The normalized spacial score (nSPS) is 15.1. The lowest BCUT2D eigenvalue weighted by Crippen LogP contribution is -2.59. The molecule has 1 amide bonds. The van der Waals surface area contributed by atoms with E-state index in [0.717, 1.165) is 21.4 Å². The number of carbonyl (C=O) groups is 1. The van der Waals surface area contributed by atoms with Crippen molar-refractivity contribution in [1.29, 1.82) is 0 Å². The Labute approximate surface area is 182 Å². The van der Waals surface area contributed by atoms with Gasteiger partial charge in [-0.25, -0.2) is 9.50 Å². The van der Waals surface area contributed by atoms with Gasteiger partial charge < -0.3 is 20.4 Å². The standard InChI is InChI=1S/C20H24N8O2S/c1-9-6-12-22-10(2)26-28(12)17-13(9)14(21)15(31-17)16(29)23-11-7-27(8-11)19-25-24-18(30-19)20(3,4)5/h6,11H,7-8,21H2,1-5H3,(H,23,29). The maximum absolute atomic E-state index is 13.0. The molecule has 5 rings (SSSR count). The number of thiophene rings is 1. The first-order valence-electron chi connectivity index (χ1n) is 10.1. The molecule has 0 saturated carbocycles. The molecule has 1 saturated heterocycles. The molecule has 0 aromatic carbocycles. The van der Waals surface area contributed by atoms with Gasteiger partial charge in [-0.1, -0.05) is 25.9 Å². The van der Waals surface area contributed by atoms with Crippen LogP contribution >= 0.6 is 11.3 Å². The number of anilines is 2. The van der Waals surface area contributed by atoms with Gasteiger partial charge in [0.15, 0.2) is 5.65 Å². The summed E-state index contributed by atoms with van der Waals surface area (Å²) >= 11 is 1.34. The van der Waals surface area contributed by atoms with Crippen molar-refractivity contribution in [2.24, 2.45) is 0 Å². The Kier molecular flexibility index (Phi) is 4.23. The highest BCUT2D eigenvalue weighted by Crippen LogP contribution is 2.36. The summed E-state index contributed by atoms with van der Waals surface area (Å²) in [5.74, 6) is 1.08. The van der Waals surface area contributed by atoms with E-state index in [2.05, 4.69) is 25.6 Å². The number of fused-ring (bicyclic) bond motifs is 3. The van der Waals surface area contributed by atoms with E-state index >= 15 is 0 Å². The number of aromatic nitrogens is 5. The number of rotatable bonds is 3. The summed E-state index contributed by atoms with van der Waals surface area (Å²) in [6, 6.07) is 2.40. The number of nitrogens with zero attached hydrogens (tertiary/aromatic N) is 6. The topological polar surface area (TPSA) is 127 Å². The predicted molar refractivity (Wildman–Crippen MR) is 119 cm³/mol. The molecule has 0 spiro atoms. The third-order valence-electron chi connectivity index (χ3n) is 5.35. The van der Waals surface area contributed by atoms with Crippen LogP contribution in [0.15, 0.2) is 10.5 Å². The molecule has 31 heavy (non-hydrogen) atoms. The van der Waals surface area contributed by atoms with Crippen LogP contribution < -0.4 is 16.0 Å². The van der Waals surface area contributed by atoms with Crippen molar-refractivity contribution in [2.45, 2.75) is 46.1 Å². The number of nitrogens with two attached hydrogens (primary N) is 1. The van der Waals surface area contributed by atoms with Crippen LogP contribution in [0.1, 0.15) is 47.7 Å². The van der Waals surface area contributed by atoms with Gasteiger partial charge in [-0.3, -0.25) is 4.79 Å². The smallest absolute Gasteiger partial charge is 0.318 e. The summed E-state index contributed by atoms with van der Waals surface area (Å²) in [6.45, 7) is 11.1. The average molecular weight is 441 g/mol. The van der Waals surface area contributed by atoms with Crippen LogP contribution in [-0.4, -0.2) is 49.8 Å². The quantitative estimate of drug-likeness (QED) is 0.497. The molecule has 0 unspecified atom stereocenters. The van der Waals surface area contributed by atoms with Crippen molar-refractivity contribution in [3.8, 4) is 0 Å². The minimum atomic E-state index is -0.200. The van der Waals surface area contributed by atoms with Gasteiger partial charge in [-0.05, 0) is 25.5 Å². The van der Waals surface area contributed by atoms with Crippen LogP contribution in [0.4, 0.5) is 11.7 Å². The van der Waals surface area contributed by atoms with Gasteiger partial charge in [0.05, 0.1) is 11.7 Å². The highest BCUT2D eigenvalue weighted by atomic mass is 32.1. The Bertz CT molecular complexity index is 1320. The monoisotopic (exact) mass is 440 g/mol. The Morgan fingerprint density at radius 1 is 1.29 bits per heavy atom. The number of amides is 1. The minimum Gasteiger partial charge on any atom is -0.407 e. The molecular formula is C20H24N8O2S. The molecule has 3 N–H and O–H groups in total. The number of aryl methyl sites for hydroxylation is 2. The first-order chi connectivity index (χ1) is 14.6. The predicted octanol–water partition coefficient (Wildman–Crippen LogP) is 2.44. The van der Waals surface area contributed by atoms with E-state index < -0.39 is 0 Å². The van der Waals surface area contributed by atoms with E-state index in [-0.39, 0.29) is 17.4 Å². The van der Waals surface area contributed by atoms with E-state index in [1.54, 1.807) is 4.52 Å². The van der Waals surface area contributed by atoms with Gasteiger partial charge >= 0.3 is 6.01 Å². The lowest BCUT2D eigenvalue weighted by molar-refractivity contribution is 0.0934. The summed E-state index contributed by atoms with van der Waals surface area (Å²) in [6.07, 6.45) is 0. The fourth-order valence-corrected chi connectivity index (χ4v) is 4.84. The summed E-state index contributed by atoms with van der Waals surface area (Å²) in [4.78, 5) is 20.7. The molecule has 1 fully saturated rings. The van der Waals surface area contributed by atoms with Gasteiger partial charge in [0, 0.05) is 23.9 Å². The summed E-state index contributed by atoms with van der Waals surface area (Å²) < 4.78 is 7.52. The van der Waals surface area contributed by atoms with Gasteiger partial charge in [-0.2, -0.15) is 5.10 Å². The first-order valence-corrected chi connectivity index (χ1v) is 10.9. The molecule has 4 aromatic rings. The van der Waals surface area contributed by atoms with Crippen molar-refractivity contribution in [2.75, 3.05) is 23.7 Å². The highest BCUT2D eigenvalue weighted by molar-refractivity contribution is 7.21. The molecule has 0 atom stereocenters. The second-order valence-corrected chi connectivity index (χ2v) is 10.00. The number of hydrogen-bond donors (Lipinski definition) is 2. The maximum Gasteiger partial charge on any atom is 0.318 e. The molecule has 11 heteroatoms. The maximum atomic E-state index is 13.0. The molecule has 1 aliphatic heterocycles. The number of carbonyl (C=O) groups excluding carboxylic acids is 1. The van der Waals surface area contributed by atoms with Gasteiger partial charge in [0.1, 0.15) is 15.5 Å². The zero-order chi connectivity index (χ0) is 22.1. The van der Waals surface area contributed by atoms with E-state index in [1.807, 2.05) is 45.6 Å². The van der Waals surface area contributed by atoms with Crippen molar-refractivity contribution >= 4 is 44.8 Å². The number of nitrogen functional groups attached to an aromatic ring is 1. The Morgan fingerprint density at radius 2 is 2.03 bits per heavy atom. The summed E-state index contributed by atoms with van der Waals surface area (Å²) in [7, 11) is 0. The van der Waals surface area contributed by atoms with Crippen molar-refractivity contribution in [3.63, 3.8) is 0 Å². The van der Waals surface area contributed by atoms with E-state index in [0.29, 0.717) is 41.4 Å². The van der Waals surface area contributed by atoms with Crippen LogP contribution in [0.2, 0.25) is 0 Å². The zero-order valence-electron chi connectivity index (χ0n) is 18.1. The third kappa shape index (κ3) is 3.19. The summed E-state index contributed by atoms with van der Waals surface area (Å²) in [5, 5.41) is 16.6. The van der Waals surface area contributed by atoms with Gasteiger partial charge in [-0.15, -0.1) is 16.4 Å². The number of pyridine rings is 1. The lowest BCUT2D eigenvalue weighted by atomic mass is 9.97. The molecule has 10 nitrogen and oxygen atoms in total. The van der Waals surface area contributed by atoms with Gasteiger partial charge in [0.2, 0.25) is 5.89 Å². The third-order valence-corrected chi connectivity index (χ3v) is 6.53. The second-order valence-electron chi connectivity index (χ2n) is 9.00. The molecule has 5 heterocycles. The van der Waals surface area contributed by atoms with E-state index in [4.69, 9.17) is 10.2 Å². The van der Waals surface area contributed by atoms with Gasteiger partial charge in [0.25, 0.3) is 5.91 Å². The number of nitrogens with one attached hydrogen (secondary N) is 1. The molecule has 0 radical (unpaired) electrons. The van der Waals surface area contributed by atoms with Crippen LogP contribution in [0.5, 0.6) is 0 Å². The van der Waals surface area contributed by atoms with Crippen molar-refractivity contribution in [1.82, 2.24) is 30.1 Å². The minimum absolute atomic E-state index is 0.0168. The van der Waals surface area contributed by atoms with Crippen molar-refractivity contribution < 1.29 is 9.21 Å². The summed E-state index contributed by atoms with van der Waals surface area (Å²) in [5.41, 5.74) is 8.38. The largest absolute Gasteiger partial charge is 0.407 e. The van der Waals surface area contributed by atoms with Crippen molar-refractivity contribution in [3.05, 3.63) is 28.2 Å². The SMILES string of the molecule is Cc1nc2cc(C)c3c(N)c(C(=O)NC4CN(c5nnc(C(C)(C)C)o5)C4)sc3n2n1. The van der Waals surface area contributed by atoms with Crippen LogP contribution in [0.25, 0.3) is 15.9 Å². The fourth-order valence-electron chi connectivity index (χ4n) is 3.69. The Morgan fingerprint density at radius 3 is 2.71 bits per heavy atom. The first kappa shape index (κ1) is 19.7. The average Bonchev–Trinajstić information content (AvgIpc) is 3.34. The molecular weight excluding hydrogens is 416 g/mol. The molecule has 4 aromatic heterocycles. The fraction of sp³-hybridized carbons (Fsp3) is 0.450.